The molecule has 0 saturated heterocycles. The van der Waals surface area contributed by atoms with Crippen molar-refractivity contribution in [3.05, 3.63) is 59.3 Å². The predicted molar refractivity (Wildman–Crippen MR) is 125 cm³/mol. The highest BCUT2D eigenvalue weighted by atomic mass is 16.5. The van der Waals surface area contributed by atoms with E-state index in [1.807, 2.05) is 36.4 Å². The fourth-order valence-electron chi connectivity index (χ4n) is 4.53. The van der Waals surface area contributed by atoms with E-state index in [-0.39, 0.29) is 31.4 Å². The van der Waals surface area contributed by atoms with Crippen LogP contribution in [0.25, 0.3) is 0 Å². The van der Waals surface area contributed by atoms with Gasteiger partial charge < -0.3 is 25.8 Å². The molecule has 2 aromatic rings. The number of fused-ring (bicyclic) bond motifs is 1. The molecule has 9 heteroatoms. The number of nitrogens with zero attached hydrogens (tertiary/aromatic N) is 1. The molecule has 4 N–H and O–H groups in total. The van der Waals surface area contributed by atoms with Crippen LogP contribution in [0, 0.1) is 11.8 Å². The summed E-state index contributed by atoms with van der Waals surface area (Å²) in [6.07, 6.45) is 2.57. The van der Waals surface area contributed by atoms with E-state index in [9.17, 15) is 14.4 Å². The van der Waals surface area contributed by atoms with Crippen molar-refractivity contribution in [2.75, 3.05) is 18.4 Å². The summed E-state index contributed by atoms with van der Waals surface area (Å²) in [6.45, 7) is 1.10. The van der Waals surface area contributed by atoms with Crippen molar-refractivity contribution in [2.45, 2.75) is 44.8 Å². The number of carboxylic acids is 1. The van der Waals surface area contributed by atoms with Gasteiger partial charge in [0.1, 0.15) is 12.4 Å². The number of ether oxygens (including phenoxy) is 1. The number of benzene rings is 1. The molecule has 34 heavy (non-hydrogen) atoms. The zero-order chi connectivity index (χ0) is 23.9. The Labute approximate surface area is 198 Å². The molecule has 1 aromatic carbocycles. The van der Waals surface area contributed by atoms with Crippen LogP contribution < -0.4 is 16.0 Å². The zero-order valence-corrected chi connectivity index (χ0v) is 19.0. The zero-order valence-electron chi connectivity index (χ0n) is 19.0. The Morgan fingerprint density at radius 3 is 2.76 bits per heavy atom. The highest BCUT2D eigenvalue weighted by Crippen LogP contribution is 2.37. The van der Waals surface area contributed by atoms with E-state index in [4.69, 9.17) is 14.8 Å². The number of amides is 2. The van der Waals surface area contributed by atoms with E-state index in [1.165, 1.54) is 5.56 Å². The maximum Gasteiger partial charge on any atom is 0.407 e. The summed E-state index contributed by atoms with van der Waals surface area (Å²) in [6, 6.07) is 13.1. The molecular formula is C25H30N4O5. The minimum Gasteiger partial charge on any atom is -0.481 e. The molecule has 2 aliphatic rings. The highest BCUT2D eigenvalue weighted by Gasteiger charge is 2.46. The van der Waals surface area contributed by atoms with E-state index in [0.29, 0.717) is 12.8 Å². The van der Waals surface area contributed by atoms with Crippen molar-refractivity contribution in [1.29, 1.82) is 0 Å². The Morgan fingerprint density at radius 2 is 1.97 bits per heavy atom. The number of carbonyl (C=O) groups excluding carboxylic acids is 2. The number of pyridine rings is 1. The van der Waals surface area contributed by atoms with Crippen molar-refractivity contribution < 1.29 is 24.2 Å². The van der Waals surface area contributed by atoms with Crippen LogP contribution in [0.3, 0.4) is 0 Å². The van der Waals surface area contributed by atoms with Gasteiger partial charge in [-0.15, -0.1) is 0 Å². The van der Waals surface area contributed by atoms with Gasteiger partial charge in [-0.1, -0.05) is 36.4 Å². The van der Waals surface area contributed by atoms with Crippen molar-refractivity contribution in [3.8, 4) is 0 Å². The van der Waals surface area contributed by atoms with Crippen LogP contribution in [0.1, 0.15) is 36.1 Å². The van der Waals surface area contributed by atoms with Gasteiger partial charge in [-0.25, -0.2) is 9.78 Å². The first kappa shape index (κ1) is 23.5. The second-order valence-corrected chi connectivity index (χ2v) is 8.81. The summed E-state index contributed by atoms with van der Waals surface area (Å²) in [5.41, 5.74) is 2.99. The lowest BCUT2D eigenvalue weighted by Crippen LogP contribution is -2.59. The number of aliphatic carboxylic acids is 1. The molecule has 0 bridgehead atoms. The molecule has 1 aromatic heterocycles. The van der Waals surface area contributed by atoms with E-state index in [2.05, 4.69) is 22.0 Å². The van der Waals surface area contributed by atoms with Crippen molar-refractivity contribution in [3.63, 3.8) is 0 Å². The Hall–Kier alpha value is -3.62. The largest absolute Gasteiger partial charge is 0.481 e. The molecule has 0 radical (unpaired) electrons. The molecule has 1 fully saturated rings. The monoisotopic (exact) mass is 466 g/mol. The minimum absolute atomic E-state index is 0.0219. The lowest BCUT2D eigenvalue weighted by Gasteiger charge is -2.43. The van der Waals surface area contributed by atoms with Gasteiger partial charge >= 0.3 is 12.1 Å². The third-order valence-electron chi connectivity index (χ3n) is 6.39. The molecule has 1 aliphatic carbocycles. The van der Waals surface area contributed by atoms with Gasteiger partial charge in [-0.3, -0.25) is 9.59 Å². The Bertz CT molecular complexity index is 1030. The number of alkyl carbamates (subject to hydrolysis) is 1. The molecule has 2 amide bonds. The predicted octanol–water partition coefficient (Wildman–Crippen LogP) is 2.50. The molecular weight excluding hydrogens is 436 g/mol. The number of carbonyl (C=O) groups is 3. The second kappa shape index (κ2) is 11.0. The van der Waals surface area contributed by atoms with Crippen molar-refractivity contribution in [2.24, 2.45) is 11.8 Å². The average molecular weight is 467 g/mol. The number of hydrogen-bond acceptors (Lipinski definition) is 6. The number of aryl methyl sites for hydroxylation is 1. The first-order chi connectivity index (χ1) is 16.5. The number of nitrogens with one attached hydrogen (secondary N) is 3. The molecule has 3 atom stereocenters. The van der Waals surface area contributed by atoms with Gasteiger partial charge in [0.25, 0.3) is 0 Å². The molecule has 1 unspecified atom stereocenters. The summed E-state index contributed by atoms with van der Waals surface area (Å²) in [4.78, 5) is 40.7. The molecule has 4 rings (SSSR count). The van der Waals surface area contributed by atoms with Crippen LogP contribution in [0.4, 0.5) is 10.6 Å². The third kappa shape index (κ3) is 6.03. The van der Waals surface area contributed by atoms with Crippen molar-refractivity contribution in [1.82, 2.24) is 15.6 Å². The number of rotatable bonds is 9. The fraction of sp³-hybridized carbons (Fsp3) is 0.440. The average Bonchev–Trinajstić information content (AvgIpc) is 2.83. The lowest BCUT2D eigenvalue weighted by molar-refractivity contribution is -0.137. The molecule has 180 valence electrons. The number of hydrogen-bond donors (Lipinski definition) is 4. The summed E-state index contributed by atoms with van der Waals surface area (Å²) < 4.78 is 5.36. The van der Waals surface area contributed by atoms with Crippen LogP contribution in [0.5, 0.6) is 0 Å². The Morgan fingerprint density at radius 1 is 1.15 bits per heavy atom. The first-order valence-corrected chi connectivity index (χ1v) is 11.7. The summed E-state index contributed by atoms with van der Waals surface area (Å²) in [7, 11) is 0. The summed E-state index contributed by atoms with van der Waals surface area (Å²) in [5, 5.41) is 17.7. The molecule has 1 aliphatic heterocycles. The van der Waals surface area contributed by atoms with Gasteiger partial charge in [0, 0.05) is 24.8 Å². The highest BCUT2D eigenvalue weighted by molar-refractivity contribution is 5.82. The number of anilines is 1. The quantitative estimate of drug-likeness (QED) is 0.447. The van der Waals surface area contributed by atoms with E-state index in [1.54, 1.807) is 0 Å². The SMILES string of the molecule is O=C(O)CCNC(=O)[C@H]1C[C@H](Cc2ccc3c(n2)NCCC3)C1NC(=O)OCc1ccccc1. The standard InChI is InChI=1S/C25H30N4O5/c30-21(31)10-12-27-24(32)20-14-18(13-19-9-8-17-7-4-11-26-23(17)28-19)22(20)29-25(33)34-15-16-5-2-1-3-6-16/h1-3,5-6,8-9,18,20,22H,4,7,10-15H2,(H,26,28)(H,27,32)(H,29,33)(H,30,31)/t18-,20-,22?/m0/s1. The first-order valence-electron chi connectivity index (χ1n) is 11.7. The van der Waals surface area contributed by atoms with Gasteiger partial charge in [0.05, 0.1) is 12.3 Å². The third-order valence-corrected chi connectivity index (χ3v) is 6.39. The molecule has 2 heterocycles. The van der Waals surface area contributed by atoms with Crippen LogP contribution in [-0.2, 0) is 33.8 Å². The van der Waals surface area contributed by atoms with E-state index >= 15 is 0 Å². The topological polar surface area (TPSA) is 130 Å². The van der Waals surface area contributed by atoms with Crippen LogP contribution >= 0.6 is 0 Å². The smallest absolute Gasteiger partial charge is 0.407 e. The van der Waals surface area contributed by atoms with Gasteiger partial charge in [-0.2, -0.15) is 0 Å². The normalized spacial score (nSPS) is 20.8. The lowest BCUT2D eigenvalue weighted by atomic mass is 9.67. The molecule has 1 saturated carbocycles. The number of aromatic nitrogens is 1. The van der Waals surface area contributed by atoms with Gasteiger partial charge in [0.2, 0.25) is 5.91 Å². The maximum absolute atomic E-state index is 12.6. The van der Waals surface area contributed by atoms with Crippen LogP contribution in [0.2, 0.25) is 0 Å². The molecule has 9 nitrogen and oxygen atoms in total. The van der Waals surface area contributed by atoms with E-state index in [0.717, 1.165) is 36.5 Å². The molecule has 0 spiro atoms. The minimum atomic E-state index is -0.974. The van der Waals surface area contributed by atoms with E-state index < -0.39 is 24.0 Å². The Kier molecular flexibility index (Phi) is 7.61. The van der Waals surface area contributed by atoms with Gasteiger partial charge in [-0.05, 0) is 48.8 Å². The number of carboxylic acid groups (broad SMARTS) is 1. The Balaban J connectivity index is 1.38. The van der Waals surface area contributed by atoms with Crippen LogP contribution in [-0.4, -0.2) is 47.2 Å². The second-order valence-electron chi connectivity index (χ2n) is 8.81. The summed E-state index contributed by atoms with van der Waals surface area (Å²) in [5.74, 6) is -0.741. The summed E-state index contributed by atoms with van der Waals surface area (Å²) >= 11 is 0. The van der Waals surface area contributed by atoms with Crippen molar-refractivity contribution >= 4 is 23.8 Å². The maximum atomic E-state index is 12.6. The van der Waals surface area contributed by atoms with Crippen LogP contribution in [0.15, 0.2) is 42.5 Å². The van der Waals surface area contributed by atoms with Gasteiger partial charge in [0.15, 0.2) is 0 Å². The fourth-order valence-corrected chi connectivity index (χ4v) is 4.53.